The highest BCUT2D eigenvalue weighted by Gasteiger charge is 2.24. The van der Waals surface area contributed by atoms with Crippen LogP contribution >= 0.6 is 11.3 Å². The minimum absolute atomic E-state index is 0.00588. The lowest BCUT2D eigenvalue weighted by molar-refractivity contribution is 0.0732. The molecule has 0 fully saturated rings. The summed E-state index contributed by atoms with van der Waals surface area (Å²) in [6, 6.07) is 7.40. The molecule has 110 valence electrons. The van der Waals surface area contributed by atoms with Crippen LogP contribution in [0.4, 0.5) is 0 Å². The minimum Gasteiger partial charge on any atom is -0.497 e. The largest absolute Gasteiger partial charge is 0.497 e. The molecule has 0 bridgehead atoms. The van der Waals surface area contributed by atoms with E-state index in [4.69, 9.17) is 9.47 Å². The van der Waals surface area contributed by atoms with E-state index in [0.717, 1.165) is 13.0 Å². The lowest BCUT2D eigenvalue weighted by atomic mass is 10.1. The van der Waals surface area contributed by atoms with Gasteiger partial charge in [-0.05, 0) is 35.6 Å². The Morgan fingerprint density at radius 2 is 2.10 bits per heavy atom. The van der Waals surface area contributed by atoms with Crippen LogP contribution in [-0.4, -0.2) is 31.6 Å². The van der Waals surface area contributed by atoms with Crippen LogP contribution in [0.1, 0.15) is 20.8 Å². The zero-order valence-corrected chi connectivity index (χ0v) is 12.9. The number of benzene rings is 1. The molecule has 1 aliphatic heterocycles. The summed E-state index contributed by atoms with van der Waals surface area (Å²) >= 11 is 1.77. The molecule has 0 unspecified atom stereocenters. The van der Waals surface area contributed by atoms with Gasteiger partial charge < -0.3 is 14.4 Å². The van der Waals surface area contributed by atoms with Crippen molar-refractivity contribution < 1.29 is 14.3 Å². The van der Waals surface area contributed by atoms with Crippen LogP contribution in [0.25, 0.3) is 0 Å². The molecule has 4 nitrogen and oxygen atoms in total. The third-order valence-electron chi connectivity index (χ3n) is 3.73. The molecule has 0 spiro atoms. The van der Waals surface area contributed by atoms with Gasteiger partial charge in [-0.3, -0.25) is 4.79 Å². The molecule has 1 amide bonds. The minimum atomic E-state index is 0.00588. The number of nitrogens with zero attached hydrogens (tertiary/aromatic N) is 1. The summed E-state index contributed by atoms with van der Waals surface area (Å²) in [7, 11) is 3.16. The fraction of sp³-hybridized carbons (Fsp3) is 0.312. The molecule has 0 N–H and O–H groups in total. The van der Waals surface area contributed by atoms with Gasteiger partial charge in [0.25, 0.3) is 5.91 Å². The summed E-state index contributed by atoms with van der Waals surface area (Å²) in [5.74, 6) is 1.24. The van der Waals surface area contributed by atoms with Crippen molar-refractivity contribution in [3.8, 4) is 11.5 Å². The van der Waals surface area contributed by atoms with Crippen molar-refractivity contribution in [1.82, 2.24) is 4.90 Å². The van der Waals surface area contributed by atoms with Gasteiger partial charge in [-0.2, -0.15) is 0 Å². The number of fused-ring (bicyclic) bond motifs is 1. The van der Waals surface area contributed by atoms with Crippen LogP contribution in [0.3, 0.4) is 0 Å². The Morgan fingerprint density at radius 3 is 2.86 bits per heavy atom. The predicted octanol–water partition coefficient (Wildman–Crippen LogP) is 2.96. The highest BCUT2D eigenvalue weighted by atomic mass is 32.1. The number of hydrogen-bond acceptors (Lipinski definition) is 4. The van der Waals surface area contributed by atoms with Gasteiger partial charge in [0.05, 0.1) is 19.8 Å². The number of methoxy groups -OCH3 is 2. The number of amides is 1. The summed E-state index contributed by atoms with van der Waals surface area (Å²) in [6.07, 6.45) is 0.928. The second-order valence-corrected chi connectivity index (χ2v) is 5.91. The first-order chi connectivity index (χ1) is 10.2. The normalized spacial score (nSPS) is 13.7. The Labute approximate surface area is 127 Å². The second kappa shape index (κ2) is 5.77. The first-order valence-electron chi connectivity index (χ1n) is 6.79. The van der Waals surface area contributed by atoms with Crippen LogP contribution in [0.5, 0.6) is 11.5 Å². The lowest BCUT2D eigenvalue weighted by Crippen LogP contribution is -2.35. The van der Waals surface area contributed by atoms with E-state index in [2.05, 4.69) is 11.4 Å². The molecule has 2 heterocycles. The van der Waals surface area contributed by atoms with E-state index >= 15 is 0 Å². The molecule has 0 atom stereocenters. The molecule has 3 rings (SSSR count). The van der Waals surface area contributed by atoms with Gasteiger partial charge in [0.15, 0.2) is 0 Å². The molecule has 0 radical (unpaired) electrons. The average Bonchev–Trinajstić information content (AvgIpc) is 3.01. The Hall–Kier alpha value is -2.01. The smallest absolute Gasteiger partial charge is 0.257 e. The lowest BCUT2D eigenvalue weighted by Gasteiger charge is -2.27. The molecule has 2 aromatic rings. The Balaban J connectivity index is 1.86. The van der Waals surface area contributed by atoms with E-state index in [0.29, 0.717) is 23.6 Å². The molecule has 1 aromatic heterocycles. The highest BCUT2D eigenvalue weighted by molar-refractivity contribution is 7.10. The van der Waals surface area contributed by atoms with E-state index in [1.54, 1.807) is 43.8 Å². The summed E-state index contributed by atoms with van der Waals surface area (Å²) in [6.45, 7) is 1.42. The van der Waals surface area contributed by atoms with Crippen LogP contribution in [-0.2, 0) is 13.0 Å². The third-order valence-corrected chi connectivity index (χ3v) is 4.76. The number of carbonyl (C=O) groups is 1. The maximum absolute atomic E-state index is 12.7. The van der Waals surface area contributed by atoms with Gasteiger partial charge in [0.1, 0.15) is 11.5 Å². The third kappa shape index (κ3) is 2.61. The molecular formula is C16H17NO3S. The molecule has 1 aliphatic rings. The van der Waals surface area contributed by atoms with E-state index in [1.807, 2.05) is 4.90 Å². The summed E-state index contributed by atoms with van der Waals surface area (Å²) in [5.41, 5.74) is 1.84. The summed E-state index contributed by atoms with van der Waals surface area (Å²) in [4.78, 5) is 16.0. The van der Waals surface area contributed by atoms with Gasteiger partial charge in [-0.15, -0.1) is 11.3 Å². The van der Waals surface area contributed by atoms with Gasteiger partial charge >= 0.3 is 0 Å². The number of rotatable bonds is 3. The van der Waals surface area contributed by atoms with Crippen LogP contribution in [0.15, 0.2) is 29.6 Å². The first-order valence-corrected chi connectivity index (χ1v) is 7.67. The van der Waals surface area contributed by atoms with Crippen molar-refractivity contribution in [2.24, 2.45) is 0 Å². The van der Waals surface area contributed by atoms with Crippen molar-refractivity contribution in [3.63, 3.8) is 0 Å². The zero-order chi connectivity index (χ0) is 14.8. The molecule has 1 aromatic carbocycles. The summed E-state index contributed by atoms with van der Waals surface area (Å²) < 4.78 is 10.5. The Kier molecular flexibility index (Phi) is 3.84. The predicted molar refractivity (Wildman–Crippen MR) is 82.3 cm³/mol. The first kappa shape index (κ1) is 13.9. The van der Waals surface area contributed by atoms with Gasteiger partial charge in [0.2, 0.25) is 0 Å². The average molecular weight is 303 g/mol. The number of carbonyl (C=O) groups excluding carboxylic acids is 1. The van der Waals surface area contributed by atoms with Crippen molar-refractivity contribution in [3.05, 3.63) is 45.6 Å². The summed E-state index contributed by atoms with van der Waals surface area (Å²) in [5, 5.41) is 2.09. The molecule has 0 saturated heterocycles. The fourth-order valence-electron chi connectivity index (χ4n) is 2.57. The van der Waals surface area contributed by atoms with Gasteiger partial charge in [-0.1, -0.05) is 0 Å². The van der Waals surface area contributed by atoms with Crippen molar-refractivity contribution in [2.45, 2.75) is 13.0 Å². The number of thiophene rings is 1. The number of ether oxygens (including phenoxy) is 2. The van der Waals surface area contributed by atoms with Gasteiger partial charge in [-0.25, -0.2) is 0 Å². The van der Waals surface area contributed by atoms with E-state index in [-0.39, 0.29) is 5.91 Å². The van der Waals surface area contributed by atoms with Gasteiger partial charge in [0, 0.05) is 24.0 Å². The molecule has 21 heavy (non-hydrogen) atoms. The maximum atomic E-state index is 12.7. The highest BCUT2D eigenvalue weighted by Crippen LogP contribution is 2.29. The zero-order valence-electron chi connectivity index (χ0n) is 12.1. The van der Waals surface area contributed by atoms with Crippen molar-refractivity contribution >= 4 is 17.2 Å². The fourth-order valence-corrected chi connectivity index (χ4v) is 3.46. The monoisotopic (exact) mass is 303 g/mol. The van der Waals surface area contributed by atoms with Crippen LogP contribution < -0.4 is 9.47 Å². The quantitative estimate of drug-likeness (QED) is 0.875. The van der Waals surface area contributed by atoms with Crippen molar-refractivity contribution in [2.75, 3.05) is 20.8 Å². The van der Waals surface area contributed by atoms with E-state index in [1.165, 1.54) is 10.4 Å². The topological polar surface area (TPSA) is 38.8 Å². The van der Waals surface area contributed by atoms with Crippen LogP contribution in [0, 0.1) is 0 Å². The van der Waals surface area contributed by atoms with E-state index < -0.39 is 0 Å². The van der Waals surface area contributed by atoms with E-state index in [9.17, 15) is 4.79 Å². The molecule has 5 heteroatoms. The SMILES string of the molecule is COc1ccc(C(=O)N2CCc3sccc3C2)c(OC)c1. The molecule has 0 saturated carbocycles. The molecular weight excluding hydrogens is 286 g/mol. The second-order valence-electron chi connectivity index (χ2n) is 4.91. The number of hydrogen-bond donors (Lipinski definition) is 0. The Bertz CT molecular complexity index is 665. The molecule has 0 aliphatic carbocycles. The van der Waals surface area contributed by atoms with Crippen LogP contribution in [0.2, 0.25) is 0 Å². The standard InChI is InChI=1S/C16H17NO3S/c1-19-12-3-4-13(14(9-12)20-2)16(18)17-7-5-15-11(10-17)6-8-21-15/h3-4,6,8-9H,5,7,10H2,1-2H3. The Morgan fingerprint density at radius 1 is 1.24 bits per heavy atom. The van der Waals surface area contributed by atoms with Crippen molar-refractivity contribution in [1.29, 1.82) is 0 Å². The maximum Gasteiger partial charge on any atom is 0.257 e.